The largest absolute Gasteiger partial charge is 0.355 e. The minimum atomic E-state index is -4.05. The third-order valence-electron chi connectivity index (χ3n) is 5.56. The Kier molecular flexibility index (Phi) is 4.38. The molecule has 1 aromatic carbocycles. The molecular formula is C18H23N3O4S. The van der Waals surface area contributed by atoms with Crippen molar-refractivity contribution >= 4 is 27.6 Å². The molecule has 3 amide bonds. The van der Waals surface area contributed by atoms with Crippen molar-refractivity contribution in [1.29, 1.82) is 0 Å². The summed E-state index contributed by atoms with van der Waals surface area (Å²) in [5, 5.41) is 4.12. The lowest BCUT2D eigenvalue weighted by Gasteiger charge is -2.22. The van der Waals surface area contributed by atoms with Gasteiger partial charge in [0.2, 0.25) is 15.9 Å². The highest BCUT2D eigenvalue weighted by Gasteiger charge is 2.36. The van der Waals surface area contributed by atoms with E-state index >= 15 is 0 Å². The number of benzene rings is 1. The van der Waals surface area contributed by atoms with Gasteiger partial charge in [0.15, 0.2) is 5.25 Å². The van der Waals surface area contributed by atoms with E-state index < -0.39 is 27.2 Å². The fourth-order valence-corrected chi connectivity index (χ4v) is 5.64. The lowest BCUT2D eigenvalue weighted by Crippen LogP contribution is -2.50. The van der Waals surface area contributed by atoms with E-state index in [-0.39, 0.29) is 6.42 Å². The number of aryl methyl sites for hydroxylation is 2. The van der Waals surface area contributed by atoms with Crippen molar-refractivity contribution in [2.45, 2.75) is 56.6 Å². The topological polar surface area (TPSA) is 104 Å². The number of nitrogens with one attached hydrogen (secondary N) is 3. The van der Waals surface area contributed by atoms with Crippen LogP contribution in [0.25, 0.3) is 0 Å². The maximum atomic E-state index is 12.4. The quantitative estimate of drug-likeness (QED) is 0.740. The van der Waals surface area contributed by atoms with Crippen LogP contribution < -0.4 is 15.4 Å². The molecule has 0 radical (unpaired) electrons. The van der Waals surface area contributed by atoms with Crippen LogP contribution in [-0.4, -0.2) is 32.2 Å². The normalized spacial score (nSPS) is 21.7. The molecule has 1 heterocycles. The molecule has 1 atom stereocenters. The summed E-state index contributed by atoms with van der Waals surface area (Å²) in [5.74, 6) is -0.543. The van der Waals surface area contributed by atoms with Gasteiger partial charge in [-0.25, -0.2) is 17.9 Å². The first-order chi connectivity index (χ1) is 12.5. The number of fused-ring (bicyclic) bond motifs is 2. The zero-order valence-electron chi connectivity index (χ0n) is 14.6. The second kappa shape index (κ2) is 6.57. The third-order valence-corrected chi connectivity index (χ3v) is 7.22. The van der Waals surface area contributed by atoms with Gasteiger partial charge < -0.3 is 10.6 Å². The molecule has 1 aliphatic heterocycles. The van der Waals surface area contributed by atoms with Crippen molar-refractivity contribution in [3.05, 3.63) is 28.3 Å². The molecule has 140 valence electrons. The van der Waals surface area contributed by atoms with Crippen LogP contribution in [0.15, 0.2) is 6.07 Å². The third kappa shape index (κ3) is 3.06. The highest BCUT2D eigenvalue weighted by molar-refractivity contribution is 7.91. The van der Waals surface area contributed by atoms with E-state index in [0.717, 1.165) is 55.3 Å². The monoisotopic (exact) mass is 377 g/mol. The van der Waals surface area contributed by atoms with Gasteiger partial charge in [-0.1, -0.05) is 6.07 Å². The maximum Gasteiger partial charge on any atom is 0.332 e. The van der Waals surface area contributed by atoms with E-state index in [1.54, 1.807) is 0 Å². The Bertz CT molecular complexity index is 847. The number of anilines is 1. The van der Waals surface area contributed by atoms with Crippen LogP contribution in [0.4, 0.5) is 10.5 Å². The van der Waals surface area contributed by atoms with Gasteiger partial charge in [0.05, 0.1) is 0 Å². The highest BCUT2D eigenvalue weighted by Crippen LogP contribution is 2.38. The van der Waals surface area contributed by atoms with Crippen LogP contribution in [0.3, 0.4) is 0 Å². The molecular weight excluding hydrogens is 354 g/mol. The van der Waals surface area contributed by atoms with Crippen molar-refractivity contribution in [2.24, 2.45) is 0 Å². The number of hydrogen-bond donors (Lipinski definition) is 3. The van der Waals surface area contributed by atoms with Gasteiger partial charge in [0, 0.05) is 12.2 Å². The van der Waals surface area contributed by atoms with Crippen LogP contribution in [0, 0.1) is 0 Å². The molecule has 26 heavy (non-hydrogen) atoms. The number of sulfonamides is 1. The molecule has 0 saturated carbocycles. The van der Waals surface area contributed by atoms with Crippen LogP contribution in [0.5, 0.6) is 0 Å². The second-order valence-electron chi connectivity index (χ2n) is 7.26. The average molecular weight is 377 g/mol. The summed E-state index contributed by atoms with van der Waals surface area (Å²) in [4.78, 5) is 24.3. The van der Waals surface area contributed by atoms with E-state index in [9.17, 15) is 18.0 Å². The molecule has 1 aromatic rings. The first-order valence-electron chi connectivity index (χ1n) is 9.22. The summed E-state index contributed by atoms with van der Waals surface area (Å²) in [6.07, 6.45) is 6.71. The summed E-state index contributed by atoms with van der Waals surface area (Å²) in [5.41, 5.74) is 5.57. The van der Waals surface area contributed by atoms with Crippen molar-refractivity contribution in [2.75, 3.05) is 11.9 Å². The smallest absolute Gasteiger partial charge is 0.332 e. The van der Waals surface area contributed by atoms with Gasteiger partial charge in [-0.2, -0.15) is 0 Å². The van der Waals surface area contributed by atoms with E-state index in [1.165, 1.54) is 11.1 Å². The molecule has 3 N–H and O–H groups in total. The van der Waals surface area contributed by atoms with Crippen molar-refractivity contribution in [1.82, 2.24) is 10.0 Å². The number of amides is 3. The highest BCUT2D eigenvalue weighted by atomic mass is 32.2. The lowest BCUT2D eigenvalue weighted by molar-refractivity contribution is -0.121. The SMILES string of the molecule is O=C(Nc1c2c(cc3c1CCC3)CCC2)NS(=O)(=O)C1CCCNC1=O. The number of urea groups is 1. The number of piperidine rings is 1. The molecule has 1 unspecified atom stereocenters. The molecule has 1 saturated heterocycles. The number of carbonyl (C=O) groups is 2. The Hall–Kier alpha value is -2.09. The Morgan fingerprint density at radius 2 is 1.69 bits per heavy atom. The molecule has 0 bridgehead atoms. The Morgan fingerprint density at radius 3 is 2.31 bits per heavy atom. The van der Waals surface area contributed by atoms with Gasteiger partial charge >= 0.3 is 6.03 Å². The maximum absolute atomic E-state index is 12.4. The van der Waals surface area contributed by atoms with Crippen molar-refractivity contribution in [3.63, 3.8) is 0 Å². The minimum absolute atomic E-state index is 0.227. The number of rotatable bonds is 3. The van der Waals surface area contributed by atoms with Gasteiger partial charge in [0.25, 0.3) is 0 Å². The van der Waals surface area contributed by atoms with Crippen molar-refractivity contribution < 1.29 is 18.0 Å². The van der Waals surface area contributed by atoms with Crippen LogP contribution >= 0.6 is 0 Å². The molecule has 4 rings (SSSR count). The van der Waals surface area contributed by atoms with Gasteiger partial charge in [-0.3, -0.25) is 4.79 Å². The van der Waals surface area contributed by atoms with E-state index in [4.69, 9.17) is 0 Å². The van der Waals surface area contributed by atoms with Gasteiger partial charge in [-0.05, 0) is 73.6 Å². The van der Waals surface area contributed by atoms with E-state index in [0.29, 0.717) is 13.0 Å². The molecule has 8 heteroatoms. The number of carbonyl (C=O) groups excluding carboxylic acids is 2. The zero-order chi connectivity index (χ0) is 18.3. The first-order valence-corrected chi connectivity index (χ1v) is 10.8. The van der Waals surface area contributed by atoms with Crippen molar-refractivity contribution in [3.8, 4) is 0 Å². The summed E-state index contributed by atoms with van der Waals surface area (Å²) in [6.45, 7) is 0.472. The van der Waals surface area contributed by atoms with Crippen LogP contribution in [-0.2, 0) is 40.5 Å². The average Bonchev–Trinajstić information content (AvgIpc) is 3.23. The lowest BCUT2D eigenvalue weighted by atomic mass is 9.99. The molecule has 7 nitrogen and oxygen atoms in total. The second-order valence-corrected chi connectivity index (χ2v) is 9.12. The van der Waals surface area contributed by atoms with Crippen LogP contribution in [0.2, 0.25) is 0 Å². The van der Waals surface area contributed by atoms with Gasteiger partial charge in [0.1, 0.15) is 0 Å². The first kappa shape index (κ1) is 17.3. The van der Waals surface area contributed by atoms with Gasteiger partial charge in [-0.15, -0.1) is 0 Å². The van der Waals surface area contributed by atoms with Crippen LogP contribution in [0.1, 0.15) is 47.9 Å². The Balaban J connectivity index is 1.55. The fourth-order valence-electron chi connectivity index (χ4n) is 4.35. The fraction of sp³-hybridized carbons (Fsp3) is 0.556. The standard InChI is InChI=1S/C18H23N3O4S/c22-17-15(8-3-9-19-17)26(24,25)21-18(23)20-16-13-6-1-4-11(13)10-12-5-2-7-14(12)16/h10,15H,1-9H2,(H,19,22)(H2,20,21,23). The predicted octanol–water partition coefficient (Wildman–Crippen LogP) is 1.39. The van der Waals surface area contributed by atoms with E-state index in [1.807, 2.05) is 4.72 Å². The summed E-state index contributed by atoms with van der Waals surface area (Å²) in [6, 6.07) is 1.47. The molecule has 3 aliphatic rings. The molecule has 1 fully saturated rings. The summed E-state index contributed by atoms with van der Waals surface area (Å²) < 4.78 is 26.9. The summed E-state index contributed by atoms with van der Waals surface area (Å²) in [7, 11) is -4.05. The molecule has 2 aliphatic carbocycles. The molecule has 0 aromatic heterocycles. The molecule has 0 spiro atoms. The Labute approximate surface area is 153 Å². The number of hydrogen-bond acceptors (Lipinski definition) is 4. The zero-order valence-corrected chi connectivity index (χ0v) is 15.4. The minimum Gasteiger partial charge on any atom is -0.355 e. The van der Waals surface area contributed by atoms with E-state index in [2.05, 4.69) is 16.7 Å². The summed E-state index contributed by atoms with van der Waals surface area (Å²) >= 11 is 0. The Morgan fingerprint density at radius 1 is 1.04 bits per heavy atom. The predicted molar refractivity (Wildman–Crippen MR) is 97.6 cm³/mol.